The van der Waals surface area contributed by atoms with Gasteiger partial charge in [-0.1, -0.05) is 19.1 Å². The predicted molar refractivity (Wildman–Crippen MR) is 159 cm³/mol. The minimum atomic E-state index is 0.0819. The van der Waals surface area contributed by atoms with Crippen LogP contribution in [0.1, 0.15) is 55.6 Å². The Morgan fingerprint density at radius 2 is 1.65 bits per heavy atom. The third kappa shape index (κ3) is 5.30. The van der Waals surface area contributed by atoms with Gasteiger partial charge >= 0.3 is 0 Å². The second kappa shape index (κ2) is 11.1. The standard InChI is InChI=1S/C30H37N9O/c1-4-22-7-9-23(10-8-22)29(40)37-13-15-38(16-14-37)30-34-27(18-28(35-30)36-11-5-6-12-36)33-26-17-25-24(19-31-26)20-32-39(25)21(2)3/h7-10,17-21H,4-6,11-16H2,1-3H3,(H,31,33,34,35). The lowest BCUT2D eigenvalue weighted by atomic mass is 10.1. The van der Waals surface area contributed by atoms with Gasteiger partial charge in [0.2, 0.25) is 5.95 Å². The van der Waals surface area contributed by atoms with Gasteiger partial charge in [0.1, 0.15) is 17.5 Å². The average molecular weight is 540 g/mol. The predicted octanol–water partition coefficient (Wildman–Crippen LogP) is 4.67. The van der Waals surface area contributed by atoms with Crippen molar-refractivity contribution in [3.63, 3.8) is 0 Å². The number of aromatic nitrogens is 5. The Balaban J connectivity index is 1.22. The first kappa shape index (κ1) is 26.0. The number of hydrogen-bond acceptors (Lipinski definition) is 8. The summed E-state index contributed by atoms with van der Waals surface area (Å²) in [4.78, 5) is 34.0. The number of carbonyl (C=O) groups is 1. The second-order valence-corrected chi connectivity index (χ2v) is 10.9. The summed E-state index contributed by atoms with van der Waals surface area (Å²) in [5, 5.41) is 8.95. The van der Waals surface area contributed by atoms with E-state index >= 15 is 0 Å². The van der Waals surface area contributed by atoms with E-state index < -0.39 is 0 Å². The monoisotopic (exact) mass is 539 g/mol. The first-order chi connectivity index (χ1) is 19.5. The van der Waals surface area contributed by atoms with Crippen LogP contribution in [0, 0.1) is 0 Å². The van der Waals surface area contributed by atoms with Gasteiger partial charge in [0.05, 0.1) is 11.7 Å². The van der Waals surface area contributed by atoms with Gasteiger partial charge < -0.3 is 20.0 Å². The Morgan fingerprint density at radius 1 is 0.900 bits per heavy atom. The third-order valence-corrected chi connectivity index (χ3v) is 7.81. The minimum Gasteiger partial charge on any atom is -0.356 e. The molecule has 3 aromatic heterocycles. The maximum atomic E-state index is 13.1. The van der Waals surface area contributed by atoms with Crippen molar-refractivity contribution in [3.05, 3.63) is 59.9 Å². The van der Waals surface area contributed by atoms with Crippen molar-refractivity contribution in [2.45, 2.75) is 46.1 Å². The summed E-state index contributed by atoms with van der Waals surface area (Å²) in [7, 11) is 0. The van der Waals surface area contributed by atoms with Crippen molar-refractivity contribution in [2.75, 3.05) is 54.4 Å². The molecule has 5 heterocycles. The van der Waals surface area contributed by atoms with Gasteiger partial charge in [0.25, 0.3) is 5.91 Å². The summed E-state index contributed by atoms with van der Waals surface area (Å²) in [6, 6.07) is 12.2. The SMILES string of the molecule is CCc1ccc(C(=O)N2CCN(c3nc(Nc4cc5c(cn4)cnn5C(C)C)cc(N4CCCC4)n3)CC2)cc1. The number of amides is 1. The van der Waals surface area contributed by atoms with Crippen LogP contribution in [-0.2, 0) is 6.42 Å². The maximum absolute atomic E-state index is 13.1. The molecule has 0 bridgehead atoms. The fraction of sp³-hybridized carbons (Fsp3) is 0.433. The van der Waals surface area contributed by atoms with Crippen LogP contribution < -0.4 is 15.1 Å². The summed E-state index contributed by atoms with van der Waals surface area (Å²) in [5.41, 5.74) is 3.01. The van der Waals surface area contributed by atoms with Crippen molar-refractivity contribution >= 4 is 40.2 Å². The molecule has 0 saturated carbocycles. The normalized spacial score (nSPS) is 15.8. The van der Waals surface area contributed by atoms with Crippen molar-refractivity contribution in [1.82, 2.24) is 29.6 Å². The van der Waals surface area contributed by atoms with Gasteiger partial charge in [-0.25, -0.2) is 4.98 Å². The first-order valence-electron chi connectivity index (χ1n) is 14.4. The molecule has 0 atom stereocenters. The lowest BCUT2D eigenvalue weighted by Crippen LogP contribution is -2.49. The molecular weight excluding hydrogens is 502 g/mol. The quantitative estimate of drug-likeness (QED) is 0.362. The molecule has 0 radical (unpaired) electrons. The molecule has 1 aromatic carbocycles. The number of pyridine rings is 1. The molecule has 2 fully saturated rings. The summed E-state index contributed by atoms with van der Waals surface area (Å²) in [6.07, 6.45) is 7.00. The molecule has 6 rings (SSSR count). The molecule has 0 spiro atoms. The first-order valence-corrected chi connectivity index (χ1v) is 14.4. The lowest BCUT2D eigenvalue weighted by molar-refractivity contribution is 0.0746. The number of hydrogen-bond donors (Lipinski definition) is 1. The van der Waals surface area contributed by atoms with Crippen LogP contribution in [0.2, 0.25) is 0 Å². The third-order valence-electron chi connectivity index (χ3n) is 7.81. The molecule has 40 heavy (non-hydrogen) atoms. The molecule has 1 N–H and O–H groups in total. The summed E-state index contributed by atoms with van der Waals surface area (Å²) < 4.78 is 2.00. The van der Waals surface area contributed by atoms with Gasteiger partial charge in [-0.2, -0.15) is 15.1 Å². The molecule has 4 aromatic rings. The largest absolute Gasteiger partial charge is 0.356 e. The number of piperazine rings is 1. The van der Waals surface area contributed by atoms with Gasteiger partial charge in [0.15, 0.2) is 0 Å². The molecule has 1 amide bonds. The zero-order chi connectivity index (χ0) is 27.6. The van der Waals surface area contributed by atoms with Gasteiger partial charge in [-0.05, 0) is 50.8 Å². The highest BCUT2D eigenvalue weighted by molar-refractivity contribution is 5.94. The number of anilines is 4. The van der Waals surface area contributed by atoms with Crippen molar-refractivity contribution in [2.24, 2.45) is 0 Å². The van der Waals surface area contributed by atoms with E-state index in [1.807, 2.05) is 58.4 Å². The van der Waals surface area contributed by atoms with Crippen LogP contribution in [0.5, 0.6) is 0 Å². The number of rotatable bonds is 7. The Labute approximate surface area is 235 Å². The van der Waals surface area contributed by atoms with E-state index in [1.165, 1.54) is 18.4 Å². The molecule has 10 heteroatoms. The maximum Gasteiger partial charge on any atom is 0.253 e. The van der Waals surface area contributed by atoms with Crippen LogP contribution in [0.15, 0.2) is 48.8 Å². The number of fused-ring (bicyclic) bond motifs is 1. The number of aryl methyl sites for hydroxylation is 1. The number of nitrogens with one attached hydrogen (secondary N) is 1. The van der Waals surface area contributed by atoms with E-state index in [2.05, 4.69) is 46.0 Å². The van der Waals surface area contributed by atoms with Crippen molar-refractivity contribution in [1.29, 1.82) is 0 Å². The van der Waals surface area contributed by atoms with Crippen LogP contribution in [0.4, 0.5) is 23.4 Å². The summed E-state index contributed by atoms with van der Waals surface area (Å²) in [5.74, 6) is 3.12. The molecule has 2 aliphatic rings. The van der Waals surface area contributed by atoms with Gasteiger partial charge in [-0.15, -0.1) is 0 Å². The van der Waals surface area contributed by atoms with E-state index in [-0.39, 0.29) is 11.9 Å². The van der Waals surface area contributed by atoms with E-state index in [1.54, 1.807) is 0 Å². The van der Waals surface area contributed by atoms with Crippen molar-refractivity contribution < 1.29 is 4.79 Å². The number of benzene rings is 1. The van der Waals surface area contributed by atoms with Crippen LogP contribution in [0.25, 0.3) is 10.9 Å². The highest BCUT2D eigenvalue weighted by Crippen LogP contribution is 2.27. The second-order valence-electron chi connectivity index (χ2n) is 10.9. The van der Waals surface area contributed by atoms with Crippen LogP contribution in [0.3, 0.4) is 0 Å². The molecule has 208 valence electrons. The molecule has 0 unspecified atom stereocenters. The van der Waals surface area contributed by atoms with Crippen LogP contribution in [-0.4, -0.2) is 74.8 Å². The highest BCUT2D eigenvalue weighted by atomic mass is 16.2. The Hall–Kier alpha value is -4.21. The Kier molecular flexibility index (Phi) is 7.23. The van der Waals surface area contributed by atoms with Gasteiger partial charge in [-0.3, -0.25) is 9.48 Å². The zero-order valence-corrected chi connectivity index (χ0v) is 23.5. The molecule has 0 aliphatic carbocycles. The zero-order valence-electron chi connectivity index (χ0n) is 23.5. The minimum absolute atomic E-state index is 0.0819. The molecular formula is C30H37N9O. The smallest absolute Gasteiger partial charge is 0.253 e. The molecule has 2 saturated heterocycles. The number of carbonyl (C=O) groups excluding carboxylic acids is 1. The Bertz CT molecular complexity index is 1480. The van der Waals surface area contributed by atoms with E-state index in [9.17, 15) is 4.79 Å². The van der Waals surface area contributed by atoms with Gasteiger partial charge in [0, 0.05) is 74.6 Å². The van der Waals surface area contributed by atoms with E-state index in [0.717, 1.165) is 47.6 Å². The Morgan fingerprint density at radius 3 is 2.35 bits per heavy atom. The number of nitrogens with zero attached hydrogens (tertiary/aromatic N) is 8. The summed E-state index contributed by atoms with van der Waals surface area (Å²) >= 11 is 0. The molecule has 2 aliphatic heterocycles. The summed E-state index contributed by atoms with van der Waals surface area (Å²) in [6.45, 7) is 11.0. The average Bonchev–Trinajstić information content (AvgIpc) is 3.67. The topological polar surface area (TPSA) is 95.3 Å². The fourth-order valence-electron chi connectivity index (χ4n) is 5.46. The van der Waals surface area contributed by atoms with Crippen molar-refractivity contribution in [3.8, 4) is 0 Å². The van der Waals surface area contributed by atoms with E-state index in [0.29, 0.717) is 37.9 Å². The van der Waals surface area contributed by atoms with Crippen LogP contribution >= 0.6 is 0 Å². The van der Waals surface area contributed by atoms with E-state index in [4.69, 9.17) is 9.97 Å². The fourth-order valence-corrected chi connectivity index (χ4v) is 5.46. The highest BCUT2D eigenvalue weighted by Gasteiger charge is 2.25. The molecule has 10 nitrogen and oxygen atoms in total. The lowest BCUT2D eigenvalue weighted by Gasteiger charge is -2.35.